The maximum Gasteiger partial charge on any atom is 0.343 e. The molecule has 0 unspecified atom stereocenters. The molecule has 0 saturated carbocycles. The molecule has 0 aliphatic rings. The first-order valence-corrected chi connectivity index (χ1v) is 9.14. The Bertz CT molecular complexity index is 1020. The minimum absolute atomic E-state index is 0.327. The predicted molar refractivity (Wildman–Crippen MR) is 110 cm³/mol. The molecule has 0 aliphatic heterocycles. The van der Waals surface area contributed by atoms with Crippen LogP contribution in [0.25, 0.3) is 0 Å². The summed E-state index contributed by atoms with van der Waals surface area (Å²) in [5.74, 6) is -0.540. The summed E-state index contributed by atoms with van der Waals surface area (Å²) >= 11 is 3.38. The number of esters is 1. The largest absolute Gasteiger partial charge is 0.422 e. The van der Waals surface area contributed by atoms with Crippen molar-refractivity contribution in [2.75, 3.05) is 0 Å². The number of nitrogens with one attached hydrogen (secondary N) is 1. The summed E-state index contributed by atoms with van der Waals surface area (Å²) in [4.78, 5) is 28.3. The summed E-state index contributed by atoms with van der Waals surface area (Å²) in [5, 5.41) is 3.95. The maximum absolute atomic E-state index is 12.4. The van der Waals surface area contributed by atoms with E-state index in [9.17, 15) is 9.59 Å². The minimum atomic E-state index is -0.476. The molecule has 0 saturated heterocycles. The van der Waals surface area contributed by atoms with E-state index in [2.05, 4.69) is 31.4 Å². The molecular weight excluding hydrogens is 422 g/mol. The molecule has 0 atom stereocenters. The summed E-state index contributed by atoms with van der Waals surface area (Å²) in [6, 6.07) is 15.5. The molecule has 0 aliphatic carbocycles. The summed E-state index contributed by atoms with van der Waals surface area (Å²) < 4.78 is 6.28. The van der Waals surface area contributed by atoms with Gasteiger partial charge in [-0.3, -0.25) is 9.78 Å². The first-order valence-electron chi connectivity index (χ1n) is 8.35. The Balaban J connectivity index is 1.74. The van der Waals surface area contributed by atoms with Crippen LogP contribution in [0, 0.1) is 6.92 Å². The SMILES string of the molecule is Cc1ccc(C(=O)Oc2ccc(Br)cc2C=NNC(=O)c2cccnc2)cc1. The lowest BCUT2D eigenvalue weighted by Crippen LogP contribution is -2.17. The van der Waals surface area contributed by atoms with Gasteiger partial charge in [-0.25, -0.2) is 10.2 Å². The fourth-order valence-electron chi connectivity index (χ4n) is 2.28. The van der Waals surface area contributed by atoms with Crippen LogP contribution in [0.1, 0.15) is 31.8 Å². The Labute approximate surface area is 170 Å². The summed E-state index contributed by atoms with van der Waals surface area (Å²) in [6.07, 6.45) is 4.44. The summed E-state index contributed by atoms with van der Waals surface area (Å²) in [6.45, 7) is 1.94. The van der Waals surface area contributed by atoms with Crippen molar-refractivity contribution in [2.45, 2.75) is 6.92 Å². The van der Waals surface area contributed by atoms with Crippen LogP contribution in [0.4, 0.5) is 0 Å². The zero-order chi connectivity index (χ0) is 19.9. The zero-order valence-corrected chi connectivity index (χ0v) is 16.5. The number of ether oxygens (including phenoxy) is 1. The minimum Gasteiger partial charge on any atom is -0.422 e. The number of rotatable bonds is 5. The molecule has 7 heteroatoms. The fourth-order valence-corrected chi connectivity index (χ4v) is 2.66. The van der Waals surface area contributed by atoms with Crippen LogP contribution in [0.15, 0.2) is 76.6 Å². The number of hydrazone groups is 1. The van der Waals surface area contributed by atoms with Gasteiger partial charge < -0.3 is 4.74 Å². The Morgan fingerprint density at radius 2 is 1.89 bits per heavy atom. The molecule has 2 aromatic carbocycles. The van der Waals surface area contributed by atoms with Gasteiger partial charge in [0.05, 0.1) is 17.3 Å². The number of halogens is 1. The number of aromatic nitrogens is 1. The highest BCUT2D eigenvalue weighted by Gasteiger charge is 2.11. The molecule has 28 heavy (non-hydrogen) atoms. The monoisotopic (exact) mass is 437 g/mol. The number of carbonyl (C=O) groups excluding carboxylic acids is 2. The van der Waals surface area contributed by atoms with Crippen molar-refractivity contribution in [3.05, 3.63) is 93.7 Å². The molecule has 1 heterocycles. The van der Waals surface area contributed by atoms with Crippen LogP contribution in [-0.2, 0) is 0 Å². The number of carbonyl (C=O) groups is 2. The van der Waals surface area contributed by atoms with Gasteiger partial charge >= 0.3 is 5.97 Å². The van der Waals surface area contributed by atoms with Gasteiger partial charge in [-0.15, -0.1) is 0 Å². The summed E-state index contributed by atoms with van der Waals surface area (Å²) in [7, 11) is 0. The lowest BCUT2D eigenvalue weighted by Gasteiger charge is -2.08. The Kier molecular flexibility index (Phi) is 6.29. The van der Waals surface area contributed by atoms with E-state index in [1.54, 1.807) is 48.7 Å². The smallest absolute Gasteiger partial charge is 0.343 e. The van der Waals surface area contributed by atoms with Crippen molar-refractivity contribution < 1.29 is 14.3 Å². The van der Waals surface area contributed by atoms with Crippen molar-refractivity contribution in [3.63, 3.8) is 0 Å². The highest BCUT2D eigenvalue weighted by molar-refractivity contribution is 9.10. The van der Waals surface area contributed by atoms with Gasteiger partial charge in [0, 0.05) is 22.4 Å². The molecule has 140 valence electrons. The lowest BCUT2D eigenvalue weighted by molar-refractivity contribution is 0.0734. The van der Waals surface area contributed by atoms with Gasteiger partial charge in [0.1, 0.15) is 5.75 Å². The van der Waals surface area contributed by atoms with Crippen molar-refractivity contribution in [1.82, 2.24) is 10.4 Å². The normalized spacial score (nSPS) is 10.6. The number of benzene rings is 2. The van der Waals surface area contributed by atoms with E-state index in [0.717, 1.165) is 10.0 Å². The second kappa shape index (κ2) is 9.05. The quantitative estimate of drug-likeness (QED) is 0.281. The van der Waals surface area contributed by atoms with Crippen LogP contribution in [0.5, 0.6) is 5.75 Å². The Morgan fingerprint density at radius 1 is 1.11 bits per heavy atom. The highest BCUT2D eigenvalue weighted by Crippen LogP contribution is 2.23. The van der Waals surface area contributed by atoms with E-state index in [0.29, 0.717) is 22.4 Å². The summed E-state index contributed by atoms with van der Waals surface area (Å²) in [5.41, 5.74) is 4.84. The van der Waals surface area contributed by atoms with E-state index in [-0.39, 0.29) is 0 Å². The average molecular weight is 438 g/mol. The molecule has 0 bridgehead atoms. The number of pyridine rings is 1. The average Bonchev–Trinajstić information content (AvgIpc) is 2.71. The standard InChI is InChI=1S/C21H16BrN3O3/c1-14-4-6-15(7-5-14)21(27)28-19-9-8-18(22)11-17(19)13-24-25-20(26)16-3-2-10-23-12-16/h2-13H,1H3,(H,25,26). The van der Waals surface area contributed by atoms with Gasteiger partial charge in [0.25, 0.3) is 5.91 Å². The number of aryl methyl sites for hydroxylation is 1. The molecule has 0 radical (unpaired) electrons. The third kappa shape index (κ3) is 5.11. The molecule has 3 aromatic rings. The Morgan fingerprint density at radius 3 is 2.61 bits per heavy atom. The van der Waals surface area contributed by atoms with Crippen LogP contribution < -0.4 is 10.2 Å². The van der Waals surface area contributed by atoms with Gasteiger partial charge in [-0.1, -0.05) is 33.6 Å². The molecule has 0 spiro atoms. The van der Waals surface area contributed by atoms with E-state index in [1.807, 2.05) is 19.1 Å². The van der Waals surface area contributed by atoms with E-state index >= 15 is 0 Å². The van der Waals surface area contributed by atoms with E-state index in [4.69, 9.17) is 4.74 Å². The van der Waals surface area contributed by atoms with Crippen LogP contribution in [-0.4, -0.2) is 23.1 Å². The van der Waals surface area contributed by atoms with Crippen molar-refractivity contribution in [1.29, 1.82) is 0 Å². The first-order chi connectivity index (χ1) is 13.5. The maximum atomic E-state index is 12.4. The van der Waals surface area contributed by atoms with Gasteiger partial charge in [-0.2, -0.15) is 5.10 Å². The Hall–Kier alpha value is -3.32. The topological polar surface area (TPSA) is 80.6 Å². The number of hydrogen-bond acceptors (Lipinski definition) is 5. The van der Waals surface area contributed by atoms with Crippen LogP contribution in [0.3, 0.4) is 0 Å². The van der Waals surface area contributed by atoms with E-state index in [1.165, 1.54) is 12.4 Å². The molecule has 3 rings (SSSR count). The van der Waals surface area contributed by atoms with Crippen molar-refractivity contribution in [2.24, 2.45) is 5.10 Å². The third-order valence-electron chi connectivity index (χ3n) is 3.76. The van der Waals surface area contributed by atoms with Gasteiger partial charge in [0.2, 0.25) is 0 Å². The number of hydrogen-bond donors (Lipinski definition) is 1. The van der Waals surface area contributed by atoms with Crippen molar-refractivity contribution in [3.8, 4) is 5.75 Å². The number of amides is 1. The lowest BCUT2D eigenvalue weighted by atomic mass is 10.1. The molecule has 1 amide bonds. The van der Waals surface area contributed by atoms with Crippen LogP contribution >= 0.6 is 15.9 Å². The fraction of sp³-hybridized carbons (Fsp3) is 0.0476. The third-order valence-corrected chi connectivity index (χ3v) is 4.25. The predicted octanol–water partition coefficient (Wildman–Crippen LogP) is 4.14. The molecule has 6 nitrogen and oxygen atoms in total. The molecule has 1 aromatic heterocycles. The second-order valence-corrected chi connectivity index (χ2v) is 6.79. The highest BCUT2D eigenvalue weighted by atomic mass is 79.9. The zero-order valence-electron chi connectivity index (χ0n) is 14.9. The van der Waals surface area contributed by atoms with Gasteiger partial charge in [0.15, 0.2) is 0 Å². The number of nitrogens with zero attached hydrogens (tertiary/aromatic N) is 2. The van der Waals surface area contributed by atoms with Crippen molar-refractivity contribution >= 4 is 34.0 Å². The molecular formula is C21H16BrN3O3. The van der Waals surface area contributed by atoms with Crippen LogP contribution in [0.2, 0.25) is 0 Å². The second-order valence-electron chi connectivity index (χ2n) is 5.88. The molecule has 1 N–H and O–H groups in total. The first kappa shape index (κ1) is 19.4. The molecule has 0 fully saturated rings. The van der Waals surface area contributed by atoms with Gasteiger partial charge in [-0.05, 0) is 49.4 Å². The van der Waals surface area contributed by atoms with E-state index < -0.39 is 11.9 Å².